The largest absolute Gasteiger partial charge is 0.412 e. The first-order chi connectivity index (χ1) is 11.6. The molecule has 1 saturated heterocycles. The SMILES string of the molecule is CCc1cc(ON)ccc1C1C(=O)CC(C2CCOCC2)CC1=O. The molecule has 0 amide bonds. The minimum Gasteiger partial charge on any atom is -0.412 e. The van der Waals surface area contributed by atoms with Gasteiger partial charge >= 0.3 is 0 Å². The molecule has 5 nitrogen and oxygen atoms in total. The Kier molecular flexibility index (Phi) is 5.31. The van der Waals surface area contributed by atoms with Gasteiger partial charge in [0, 0.05) is 26.1 Å². The summed E-state index contributed by atoms with van der Waals surface area (Å²) in [5, 5.41) is 0. The molecule has 0 aromatic heterocycles. The zero-order chi connectivity index (χ0) is 17.1. The molecule has 0 bridgehead atoms. The van der Waals surface area contributed by atoms with Crippen molar-refractivity contribution in [3.8, 4) is 5.75 Å². The second kappa shape index (κ2) is 7.45. The van der Waals surface area contributed by atoms with Crippen LogP contribution in [0.5, 0.6) is 5.75 Å². The van der Waals surface area contributed by atoms with E-state index in [2.05, 4.69) is 0 Å². The fraction of sp³-hybridized carbons (Fsp3) is 0.579. The van der Waals surface area contributed by atoms with E-state index in [4.69, 9.17) is 15.5 Å². The van der Waals surface area contributed by atoms with E-state index in [1.165, 1.54) is 0 Å². The van der Waals surface area contributed by atoms with Crippen LogP contribution in [0, 0.1) is 11.8 Å². The lowest BCUT2D eigenvalue weighted by molar-refractivity contribution is -0.135. The maximum Gasteiger partial charge on any atom is 0.148 e. The molecule has 2 fully saturated rings. The average Bonchev–Trinajstić information content (AvgIpc) is 2.62. The van der Waals surface area contributed by atoms with Gasteiger partial charge in [-0.2, -0.15) is 5.90 Å². The third-order valence-corrected chi connectivity index (χ3v) is 5.45. The molecule has 1 saturated carbocycles. The van der Waals surface area contributed by atoms with Gasteiger partial charge in [-0.3, -0.25) is 9.59 Å². The van der Waals surface area contributed by atoms with Crippen molar-refractivity contribution in [2.45, 2.75) is 44.9 Å². The van der Waals surface area contributed by atoms with Crippen molar-refractivity contribution >= 4 is 11.6 Å². The summed E-state index contributed by atoms with van der Waals surface area (Å²) in [7, 11) is 0. The van der Waals surface area contributed by atoms with E-state index < -0.39 is 5.92 Å². The Morgan fingerprint density at radius 1 is 1.12 bits per heavy atom. The van der Waals surface area contributed by atoms with Crippen LogP contribution < -0.4 is 10.7 Å². The third-order valence-electron chi connectivity index (χ3n) is 5.45. The Morgan fingerprint density at radius 3 is 2.38 bits per heavy atom. The lowest BCUT2D eigenvalue weighted by Gasteiger charge is -2.34. The molecular formula is C19H25NO4. The average molecular weight is 331 g/mol. The monoisotopic (exact) mass is 331 g/mol. The number of aryl methyl sites for hydroxylation is 1. The number of ketones is 2. The van der Waals surface area contributed by atoms with Gasteiger partial charge in [0.15, 0.2) is 0 Å². The molecule has 130 valence electrons. The Hall–Kier alpha value is -1.72. The number of ether oxygens (including phenoxy) is 1. The van der Waals surface area contributed by atoms with Gasteiger partial charge < -0.3 is 9.57 Å². The lowest BCUT2D eigenvalue weighted by Crippen LogP contribution is -2.36. The van der Waals surface area contributed by atoms with Gasteiger partial charge in [-0.05, 0) is 54.4 Å². The standard InChI is InChI=1S/C19H25NO4/c1-2-12-9-15(24-20)3-4-16(12)19-17(21)10-14(11-18(19)22)13-5-7-23-8-6-13/h3-4,9,13-14,19H,2,5-8,10-11,20H2,1H3. The Bertz CT molecular complexity index is 604. The third kappa shape index (κ3) is 3.37. The van der Waals surface area contributed by atoms with Crippen LogP contribution in [0.15, 0.2) is 18.2 Å². The van der Waals surface area contributed by atoms with Gasteiger partial charge in [0.2, 0.25) is 0 Å². The molecule has 1 heterocycles. The highest BCUT2D eigenvalue weighted by Crippen LogP contribution is 2.39. The van der Waals surface area contributed by atoms with Gasteiger partial charge in [-0.15, -0.1) is 0 Å². The molecule has 0 atom stereocenters. The van der Waals surface area contributed by atoms with E-state index in [-0.39, 0.29) is 17.5 Å². The summed E-state index contributed by atoms with van der Waals surface area (Å²) in [5.74, 6) is 5.87. The second-order valence-electron chi connectivity index (χ2n) is 6.82. The molecule has 0 unspecified atom stereocenters. The molecule has 1 aliphatic heterocycles. The number of carbonyl (C=O) groups excluding carboxylic acids is 2. The number of carbonyl (C=O) groups is 2. The van der Waals surface area contributed by atoms with Crippen molar-refractivity contribution in [3.05, 3.63) is 29.3 Å². The number of hydrogen-bond acceptors (Lipinski definition) is 5. The van der Waals surface area contributed by atoms with Crippen LogP contribution in [0.2, 0.25) is 0 Å². The van der Waals surface area contributed by atoms with Crippen LogP contribution >= 0.6 is 0 Å². The van der Waals surface area contributed by atoms with Crippen molar-refractivity contribution in [2.24, 2.45) is 17.7 Å². The summed E-state index contributed by atoms with van der Waals surface area (Å²) in [5.41, 5.74) is 1.77. The van der Waals surface area contributed by atoms with E-state index in [1.54, 1.807) is 6.07 Å². The zero-order valence-corrected chi connectivity index (χ0v) is 14.1. The van der Waals surface area contributed by atoms with Crippen molar-refractivity contribution in [1.82, 2.24) is 0 Å². The summed E-state index contributed by atoms with van der Waals surface area (Å²) < 4.78 is 5.39. The van der Waals surface area contributed by atoms with Crippen molar-refractivity contribution in [2.75, 3.05) is 13.2 Å². The fourth-order valence-electron chi connectivity index (χ4n) is 4.11. The first kappa shape index (κ1) is 17.1. The molecule has 1 aliphatic carbocycles. The highest BCUT2D eigenvalue weighted by atomic mass is 16.6. The highest BCUT2D eigenvalue weighted by molar-refractivity contribution is 6.10. The Morgan fingerprint density at radius 2 is 1.79 bits per heavy atom. The number of hydrogen-bond donors (Lipinski definition) is 1. The van der Waals surface area contributed by atoms with Crippen molar-refractivity contribution in [3.63, 3.8) is 0 Å². The minimum atomic E-state index is -0.622. The summed E-state index contributed by atoms with van der Waals surface area (Å²) in [4.78, 5) is 30.3. The van der Waals surface area contributed by atoms with Gasteiger partial charge in [-0.25, -0.2) is 0 Å². The van der Waals surface area contributed by atoms with Crippen molar-refractivity contribution in [1.29, 1.82) is 0 Å². The zero-order valence-electron chi connectivity index (χ0n) is 14.1. The smallest absolute Gasteiger partial charge is 0.148 e. The van der Waals surface area contributed by atoms with E-state index in [9.17, 15) is 9.59 Å². The molecule has 2 aliphatic rings. The molecule has 2 N–H and O–H groups in total. The molecule has 3 rings (SSSR count). The van der Waals surface area contributed by atoms with E-state index in [1.807, 2.05) is 19.1 Å². The highest BCUT2D eigenvalue weighted by Gasteiger charge is 2.40. The number of rotatable bonds is 4. The minimum absolute atomic E-state index is 0.0545. The summed E-state index contributed by atoms with van der Waals surface area (Å²) in [6.07, 6.45) is 3.64. The first-order valence-corrected chi connectivity index (χ1v) is 8.76. The van der Waals surface area contributed by atoms with E-state index >= 15 is 0 Å². The summed E-state index contributed by atoms with van der Waals surface area (Å²) >= 11 is 0. The Balaban J connectivity index is 1.80. The molecule has 0 radical (unpaired) electrons. The van der Waals surface area contributed by atoms with E-state index in [0.717, 1.165) is 43.6 Å². The fourth-order valence-corrected chi connectivity index (χ4v) is 4.11. The van der Waals surface area contributed by atoms with Crippen LogP contribution in [0.3, 0.4) is 0 Å². The van der Waals surface area contributed by atoms with Gasteiger partial charge in [-0.1, -0.05) is 13.0 Å². The van der Waals surface area contributed by atoms with E-state index in [0.29, 0.717) is 24.5 Å². The predicted molar refractivity (Wildman–Crippen MR) is 89.7 cm³/mol. The van der Waals surface area contributed by atoms with Gasteiger partial charge in [0.25, 0.3) is 0 Å². The maximum absolute atomic E-state index is 12.8. The molecule has 24 heavy (non-hydrogen) atoms. The van der Waals surface area contributed by atoms with Crippen LogP contribution in [-0.4, -0.2) is 24.8 Å². The molecule has 0 spiro atoms. The van der Waals surface area contributed by atoms with Gasteiger partial charge in [0.1, 0.15) is 23.2 Å². The first-order valence-electron chi connectivity index (χ1n) is 8.76. The predicted octanol–water partition coefficient (Wildman–Crippen LogP) is 2.56. The summed E-state index contributed by atoms with van der Waals surface area (Å²) in [6, 6.07) is 5.36. The summed E-state index contributed by atoms with van der Waals surface area (Å²) in [6.45, 7) is 3.49. The van der Waals surface area contributed by atoms with Crippen LogP contribution in [0.4, 0.5) is 0 Å². The number of benzene rings is 1. The van der Waals surface area contributed by atoms with Crippen LogP contribution in [0.25, 0.3) is 0 Å². The molecular weight excluding hydrogens is 306 g/mol. The van der Waals surface area contributed by atoms with Crippen LogP contribution in [0.1, 0.15) is 49.7 Å². The molecule has 1 aromatic carbocycles. The van der Waals surface area contributed by atoms with Crippen molar-refractivity contribution < 1.29 is 19.2 Å². The van der Waals surface area contributed by atoms with Crippen LogP contribution in [-0.2, 0) is 20.7 Å². The van der Waals surface area contributed by atoms with Gasteiger partial charge in [0.05, 0.1) is 0 Å². The lowest BCUT2D eigenvalue weighted by atomic mass is 9.70. The Labute approximate surface area is 142 Å². The topological polar surface area (TPSA) is 78.6 Å². The number of Topliss-reactive ketones (excluding diaryl/α,β-unsaturated/α-hetero) is 2. The quantitative estimate of drug-likeness (QED) is 0.677. The second-order valence-corrected chi connectivity index (χ2v) is 6.82. The number of nitrogens with two attached hydrogens (primary N) is 1. The normalized spacial score (nSPS) is 25.8. The maximum atomic E-state index is 12.8. The molecule has 1 aromatic rings. The molecule has 5 heteroatoms.